The summed E-state index contributed by atoms with van der Waals surface area (Å²) in [6.45, 7) is 4.69. The molecule has 152 valence electrons. The summed E-state index contributed by atoms with van der Waals surface area (Å²) >= 11 is 5.97. The molecular weight excluding hydrogens is 394 g/mol. The summed E-state index contributed by atoms with van der Waals surface area (Å²) in [6, 6.07) is 20.9. The second kappa shape index (κ2) is 8.21. The van der Waals surface area contributed by atoms with Crippen molar-refractivity contribution in [2.75, 3.05) is 13.1 Å². The number of pyridine rings is 1. The third-order valence-corrected chi connectivity index (χ3v) is 6.29. The molecule has 5 heteroatoms. The molecule has 1 fully saturated rings. The van der Waals surface area contributed by atoms with E-state index >= 15 is 0 Å². The Morgan fingerprint density at radius 1 is 1.03 bits per heavy atom. The van der Waals surface area contributed by atoms with Crippen LogP contribution in [0.15, 0.2) is 65.2 Å². The lowest BCUT2D eigenvalue weighted by atomic mass is 10.1. The van der Waals surface area contributed by atoms with Gasteiger partial charge in [-0.15, -0.1) is 0 Å². The van der Waals surface area contributed by atoms with E-state index in [4.69, 9.17) is 21.1 Å². The van der Waals surface area contributed by atoms with E-state index in [0.717, 1.165) is 40.8 Å². The van der Waals surface area contributed by atoms with Crippen molar-refractivity contribution in [3.8, 4) is 22.7 Å². The Balaban J connectivity index is 1.34. The number of hydrogen-bond donors (Lipinski definition) is 0. The molecule has 0 spiro atoms. The van der Waals surface area contributed by atoms with Gasteiger partial charge in [0.15, 0.2) is 5.76 Å². The molecule has 2 aromatic carbocycles. The first-order valence-corrected chi connectivity index (χ1v) is 10.9. The molecule has 0 amide bonds. The lowest BCUT2D eigenvalue weighted by molar-refractivity contribution is 0.272. The largest absolute Gasteiger partial charge is 0.354 e. The molecular formula is C25H24ClN3O. The van der Waals surface area contributed by atoms with Crippen LogP contribution in [0.2, 0.25) is 5.02 Å². The highest BCUT2D eigenvalue weighted by Crippen LogP contribution is 2.27. The summed E-state index contributed by atoms with van der Waals surface area (Å²) in [5.74, 6) is 0.661. The van der Waals surface area contributed by atoms with E-state index < -0.39 is 0 Å². The van der Waals surface area contributed by atoms with Crippen molar-refractivity contribution in [2.45, 2.75) is 32.2 Å². The second-order valence-corrected chi connectivity index (χ2v) is 8.52. The van der Waals surface area contributed by atoms with E-state index in [1.807, 2.05) is 36.4 Å². The van der Waals surface area contributed by atoms with Gasteiger partial charge in [0, 0.05) is 34.6 Å². The van der Waals surface area contributed by atoms with Gasteiger partial charge in [0.1, 0.15) is 11.4 Å². The van der Waals surface area contributed by atoms with Gasteiger partial charge in [0.05, 0.1) is 5.52 Å². The first-order valence-electron chi connectivity index (χ1n) is 10.5. The third-order valence-electron chi connectivity index (χ3n) is 6.03. The molecule has 3 heterocycles. The molecule has 1 aliphatic heterocycles. The fraction of sp³-hybridized carbons (Fsp3) is 0.280. The van der Waals surface area contributed by atoms with E-state index in [1.54, 1.807) is 0 Å². The van der Waals surface area contributed by atoms with Gasteiger partial charge >= 0.3 is 0 Å². The lowest BCUT2D eigenvalue weighted by Crippen LogP contribution is -2.28. The number of hydrogen-bond acceptors (Lipinski definition) is 4. The molecule has 5 rings (SSSR count). The van der Waals surface area contributed by atoms with Crippen LogP contribution in [0.5, 0.6) is 0 Å². The van der Waals surface area contributed by atoms with E-state index in [0.29, 0.717) is 16.8 Å². The molecule has 30 heavy (non-hydrogen) atoms. The van der Waals surface area contributed by atoms with E-state index in [2.05, 4.69) is 41.2 Å². The van der Waals surface area contributed by atoms with Crippen molar-refractivity contribution < 1.29 is 4.52 Å². The lowest BCUT2D eigenvalue weighted by Gasteiger charge is -2.20. The van der Waals surface area contributed by atoms with Crippen LogP contribution in [0.1, 0.15) is 25.3 Å². The Morgan fingerprint density at radius 2 is 1.90 bits per heavy atom. The van der Waals surface area contributed by atoms with Gasteiger partial charge in [-0.1, -0.05) is 41.0 Å². The number of benzene rings is 2. The summed E-state index contributed by atoms with van der Waals surface area (Å²) in [6.07, 6.45) is 3.73. The normalized spacial score (nSPS) is 17.1. The first kappa shape index (κ1) is 19.3. The van der Waals surface area contributed by atoms with E-state index in [9.17, 15) is 0 Å². The Kier molecular flexibility index (Phi) is 5.28. The minimum Gasteiger partial charge on any atom is -0.354 e. The maximum atomic E-state index is 5.97. The van der Waals surface area contributed by atoms with Crippen molar-refractivity contribution in [3.05, 3.63) is 71.2 Å². The van der Waals surface area contributed by atoms with Crippen molar-refractivity contribution in [2.24, 2.45) is 0 Å². The molecule has 4 aromatic rings. The number of nitrogens with zero attached hydrogens (tertiary/aromatic N) is 3. The highest BCUT2D eigenvalue weighted by Gasteiger charge is 2.19. The summed E-state index contributed by atoms with van der Waals surface area (Å²) in [5, 5.41) is 6.05. The van der Waals surface area contributed by atoms with Gasteiger partial charge in [-0.25, -0.2) is 4.98 Å². The number of aromatic nitrogens is 2. The van der Waals surface area contributed by atoms with Crippen molar-refractivity contribution in [3.63, 3.8) is 0 Å². The zero-order chi connectivity index (χ0) is 20.5. The quantitative estimate of drug-likeness (QED) is 0.385. The topological polar surface area (TPSA) is 42.2 Å². The predicted molar refractivity (Wildman–Crippen MR) is 122 cm³/mol. The van der Waals surface area contributed by atoms with Crippen molar-refractivity contribution in [1.82, 2.24) is 15.0 Å². The van der Waals surface area contributed by atoms with Crippen LogP contribution in [0, 0.1) is 0 Å². The molecule has 0 radical (unpaired) electrons. The standard InChI is InChI=1S/C25H24ClN3O/c1-17-3-2-13-29(17)14-12-18-4-10-22-20(15-18)7-11-23(27-22)25-16-24(28-30-25)19-5-8-21(26)9-6-19/h4-11,15-17H,2-3,12-14H2,1H3/t17-/m1/s1. The highest BCUT2D eigenvalue weighted by atomic mass is 35.5. The number of halogens is 1. The van der Waals surface area contributed by atoms with Gasteiger partial charge in [-0.3, -0.25) is 0 Å². The molecule has 0 saturated carbocycles. The van der Waals surface area contributed by atoms with E-state index in [1.165, 1.54) is 24.9 Å². The second-order valence-electron chi connectivity index (χ2n) is 8.08. The van der Waals surface area contributed by atoms with Gasteiger partial charge in [-0.05, 0) is 68.6 Å². The van der Waals surface area contributed by atoms with Crippen LogP contribution in [-0.2, 0) is 6.42 Å². The van der Waals surface area contributed by atoms with Gasteiger partial charge < -0.3 is 9.42 Å². The van der Waals surface area contributed by atoms with Crippen LogP contribution >= 0.6 is 11.6 Å². The number of fused-ring (bicyclic) bond motifs is 1. The summed E-state index contributed by atoms with van der Waals surface area (Å²) in [4.78, 5) is 7.38. The van der Waals surface area contributed by atoms with Gasteiger partial charge in [0.2, 0.25) is 0 Å². The van der Waals surface area contributed by atoms with E-state index in [-0.39, 0.29) is 0 Å². The molecule has 1 aliphatic rings. The maximum Gasteiger partial charge on any atom is 0.185 e. The van der Waals surface area contributed by atoms with Crippen LogP contribution in [0.25, 0.3) is 33.6 Å². The summed E-state index contributed by atoms with van der Waals surface area (Å²) in [7, 11) is 0. The minimum absolute atomic E-state index is 0.661. The molecule has 0 unspecified atom stereocenters. The molecule has 4 nitrogen and oxygen atoms in total. The molecule has 0 bridgehead atoms. The zero-order valence-corrected chi connectivity index (χ0v) is 17.8. The third kappa shape index (κ3) is 3.98. The maximum absolute atomic E-state index is 5.97. The Morgan fingerprint density at radius 3 is 2.70 bits per heavy atom. The van der Waals surface area contributed by atoms with Crippen LogP contribution in [0.3, 0.4) is 0 Å². The molecule has 1 atom stereocenters. The average molecular weight is 418 g/mol. The molecule has 0 N–H and O–H groups in total. The molecule has 0 aliphatic carbocycles. The summed E-state index contributed by atoms with van der Waals surface area (Å²) < 4.78 is 5.56. The SMILES string of the molecule is C[C@@H]1CCCN1CCc1ccc2nc(-c3cc(-c4ccc(Cl)cc4)no3)ccc2c1. The van der Waals surface area contributed by atoms with Crippen LogP contribution in [0.4, 0.5) is 0 Å². The number of rotatable bonds is 5. The van der Waals surface area contributed by atoms with Crippen molar-refractivity contribution >= 4 is 22.5 Å². The Hall–Kier alpha value is -2.69. The van der Waals surface area contributed by atoms with Crippen LogP contribution in [-0.4, -0.2) is 34.2 Å². The predicted octanol–water partition coefficient (Wildman–Crippen LogP) is 6.24. The first-order chi connectivity index (χ1) is 14.7. The fourth-order valence-electron chi connectivity index (χ4n) is 4.22. The minimum atomic E-state index is 0.661. The average Bonchev–Trinajstić information content (AvgIpc) is 3.42. The monoisotopic (exact) mass is 417 g/mol. The van der Waals surface area contributed by atoms with Gasteiger partial charge in [-0.2, -0.15) is 0 Å². The fourth-order valence-corrected chi connectivity index (χ4v) is 4.34. The Labute approximate surface area is 181 Å². The highest BCUT2D eigenvalue weighted by molar-refractivity contribution is 6.30. The molecule has 2 aromatic heterocycles. The van der Waals surface area contributed by atoms with Gasteiger partial charge in [0.25, 0.3) is 0 Å². The zero-order valence-electron chi connectivity index (χ0n) is 17.0. The summed E-state index contributed by atoms with van der Waals surface area (Å²) in [5.41, 5.74) is 4.85. The van der Waals surface area contributed by atoms with Crippen molar-refractivity contribution in [1.29, 1.82) is 0 Å². The molecule has 1 saturated heterocycles. The smallest absolute Gasteiger partial charge is 0.185 e. The number of likely N-dealkylation sites (tertiary alicyclic amines) is 1. The Bertz CT molecular complexity index is 1170. The van der Waals surface area contributed by atoms with Crippen LogP contribution < -0.4 is 0 Å².